The lowest BCUT2D eigenvalue weighted by Gasteiger charge is -2.11. The fourth-order valence-corrected chi connectivity index (χ4v) is 2.73. The molecule has 0 bridgehead atoms. The lowest BCUT2D eigenvalue weighted by Crippen LogP contribution is -2.20. The average Bonchev–Trinajstić information content (AvgIpc) is 2.64. The largest absolute Gasteiger partial charge is 0.493 e. The summed E-state index contributed by atoms with van der Waals surface area (Å²) >= 11 is 3.41. The molecule has 2 rings (SSSR count). The number of nitrogens with zero attached hydrogens (tertiary/aromatic N) is 2. The number of nitrogens with one attached hydrogen (secondary N) is 1. The molecule has 0 spiro atoms. The van der Waals surface area contributed by atoms with Crippen LogP contribution in [0.3, 0.4) is 0 Å². The number of para-hydroxylation sites is 1. The molecule has 0 aliphatic carbocycles. The number of nitro groups is 1. The molecule has 0 aliphatic rings. The Morgan fingerprint density at radius 1 is 1.33 bits per heavy atom. The van der Waals surface area contributed by atoms with Gasteiger partial charge >= 0.3 is 0 Å². The van der Waals surface area contributed by atoms with Gasteiger partial charge in [0.2, 0.25) is 5.91 Å². The second-order valence-electron chi connectivity index (χ2n) is 5.31. The maximum Gasteiger partial charge on any atom is 0.273 e. The number of rotatable bonds is 8. The molecule has 0 aromatic heterocycles. The zero-order valence-corrected chi connectivity index (χ0v) is 16.4. The summed E-state index contributed by atoms with van der Waals surface area (Å²) in [5, 5.41) is 14.9. The number of hydrogen-bond acceptors (Lipinski definition) is 6. The lowest BCUT2D eigenvalue weighted by atomic mass is 10.1. The summed E-state index contributed by atoms with van der Waals surface area (Å²) in [5.41, 5.74) is 3.25. The molecule has 2 aromatic rings. The van der Waals surface area contributed by atoms with E-state index in [4.69, 9.17) is 9.47 Å². The summed E-state index contributed by atoms with van der Waals surface area (Å²) in [5.74, 6) is 0.659. The molecule has 8 nitrogen and oxygen atoms in total. The molecule has 142 valence electrons. The van der Waals surface area contributed by atoms with Gasteiger partial charge in [-0.15, -0.1) is 0 Å². The van der Waals surface area contributed by atoms with Gasteiger partial charge in [-0.1, -0.05) is 18.2 Å². The smallest absolute Gasteiger partial charge is 0.273 e. The molecule has 9 heteroatoms. The van der Waals surface area contributed by atoms with Crippen molar-refractivity contribution in [2.45, 2.75) is 13.3 Å². The number of nitro benzene ring substituents is 1. The van der Waals surface area contributed by atoms with Crippen LogP contribution in [0.5, 0.6) is 11.5 Å². The summed E-state index contributed by atoms with van der Waals surface area (Å²) in [7, 11) is 1.53. The van der Waals surface area contributed by atoms with Crippen molar-refractivity contribution in [1.82, 2.24) is 5.43 Å². The van der Waals surface area contributed by atoms with Crippen LogP contribution in [0.4, 0.5) is 5.69 Å². The molecule has 0 aliphatic heterocycles. The predicted molar refractivity (Wildman–Crippen MR) is 104 cm³/mol. The van der Waals surface area contributed by atoms with Gasteiger partial charge in [0.1, 0.15) is 0 Å². The second-order valence-corrected chi connectivity index (χ2v) is 6.17. The third kappa shape index (κ3) is 5.52. The van der Waals surface area contributed by atoms with Crippen molar-refractivity contribution in [3.05, 3.63) is 62.1 Å². The number of amides is 1. The highest BCUT2D eigenvalue weighted by Gasteiger charge is 2.15. The third-order valence-electron chi connectivity index (χ3n) is 3.51. The number of hydrogen-bond donors (Lipinski definition) is 1. The molecule has 0 saturated carbocycles. The van der Waals surface area contributed by atoms with Crippen molar-refractivity contribution in [1.29, 1.82) is 0 Å². The van der Waals surface area contributed by atoms with E-state index in [2.05, 4.69) is 26.5 Å². The van der Waals surface area contributed by atoms with E-state index in [0.717, 1.165) is 0 Å². The van der Waals surface area contributed by atoms with Crippen molar-refractivity contribution in [2.75, 3.05) is 13.7 Å². The van der Waals surface area contributed by atoms with E-state index in [0.29, 0.717) is 33.7 Å². The van der Waals surface area contributed by atoms with Crippen LogP contribution < -0.4 is 14.9 Å². The van der Waals surface area contributed by atoms with Crippen molar-refractivity contribution in [2.24, 2.45) is 5.10 Å². The van der Waals surface area contributed by atoms with Crippen molar-refractivity contribution < 1.29 is 19.2 Å². The number of carbonyl (C=O) groups excluding carboxylic acids is 1. The molecular weight excluding hydrogens is 418 g/mol. The summed E-state index contributed by atoms with van der Waals surface area (Å²) in [4.78, 5) is 22.5. The Morgan fingerprint density at radius 3 is 2.74 bits per heavy atom. The first-order valence-electron chi connectivity index (χ1n) is 8.00. The van der Waals surface area contributed by atoms with E-state index < -0.39 is 10.8 Å². The van der Waals surface area contributed by atoms with Crippen LogP contribution in [0.15, 0.2) is 46.0 Å². The number of benzene rings is 2. The molecule has 0 unspecified atom stereocenters. The average molecular weight is 436 g/mol. The van der Waals surface area contributed by atoms with Gasteiger partial charge in [-0.3, -0.25) is 14.9 Å². The number of hydrazone groups is 1. The maximum absolute atomic E-state index is 12.0. The van der Waals surface area contributed by atoms with Crippen molar-refractivity contribution >= 4 is 33.7 Å². The van der Waals surface area contributed by atoms with Crippen LogP contribution in [0.25, 0.3) is 0 Å². The third-order valence-corrected chi connectivity index (χ3v) is 4.20. The summed E-state index contributed by atoms with van der Waals surface area (Å²) in [6.45, 7) is 2.37. The van der Waals surface area contributed by atoms with Crippen LogP contribution in [0, 0.1) is 10.1 Å². The highest BCUT2D eigenvalue weighted by atomic mass is 79.9. The number of ether oxygens (including phenoxy) is 2. The Hall–Kier alpha value is -2.94. The Labute approximate surface area is 164 Å². The fraction of sp³-hybridized carbons (Fsp3) is 0.222. The summed E-state index contributed by atoms with van der Waals surface area (Å²) in [6.07, 6.45) is 1.29. The van der Waals surface area contributed by atoms with E-state index in [1.54, 1.807) is 24.3 Å². The fourth-order valence-electron chi connectivity index (χ4n) is 2.30. The van der Waals surface area contributed by atoms with Crippen LogP contribution in [0.2, 0.25) is 0 Å². The highest BCUT2D eigenvalue weighted by molar-refractivity contribution is 9.10. The Kier molecular flexibility index (Phi) is 7.30. The van der Waals surface area contributed by atoms with Gasteiger partial charge in [-0.05, 0) is 35.0 Å². The number of carbonyl (C=O) groups is 1. The van der Waals surface area contributed by atoms with E-state index in [-0.39, 0.29) is 12.1 Å². The van der Waals surface area contributed by atoms with Crippen LogP contribution in [-0.4, -0.2) is 30.8 Å². The van der Waals surface area contributed by atoms with E-state index >= 15 is 0 Å². The van der Waals surface area contributed by atoms with Crippen LogP contribution in [-0.2, 0) is 11.2 Å². The van der Waals surface area contributed by atoms with Gasteiger partial charge in [-0.25, -0.2) is 5.43 Å². The molecule has 0 heterocycles. The summed E-state index contributed by atoms with van der Waals surface area (Å²) in [6, 6.07) is 9.55. The van der Waals surface area contributed by atoms with E-state index in [1.807, 2.05) is 6.92 Å². The minimum absolute atomic E-state index is 0.101. The standard InChI is InChI=1S/C18H18BrN3O5/c1-3-27-17-10-14(19)13(8-16(17)26-2)11-20-21-18(23)9-12-6-4-5-7-15(12)22(24)25/h4-8,10-11H,3,9H2,1-2H3,(H,21,23). The normalized spacial score (nSPS) is 10.6. The maximum atomic E-state index is 12.0. The van der Waals surface area contributed by atoms with E-state index in [1.165, 1.54) is 25.5 Å². The van der Waals surface area contributed by atoms with Gasteiger partial charge in [0.15, 0.2) is 11.5 Å². The molecule has 0 saturated heterocycles. The Morgan fingerprint density at radius 2 is 2.07 bits per heavy atom. The second kappa shape index (κ2) is 9.67. The number of methoxy groups -OCH3 is 1. The monoisotopic (exact) mass is 435 g/mol. The van der Waals surface area contributed by atoms with Gasteiger partial charge in [-0.2, -0.15) is 5.10 Å². The molecule has 2 aromatic carbocycles. The minimum Gasteiger partial charge on any atom is -0.493 e. The number of halogens is 1. The Balaban J connectivity index is 2.07. The lowest BCUT2D eigenvalue weighted by molar-refractivity contribution is -0.385. The van der Waals surface area contributed by atoms with Crippen molar-refractivity contribution in [3.63, 3.8) is 0 Å². The predicted octanol–water partition coefficient (Wildman–Crippen LogP) is 3.46. The molecule has 0 atom stereocenters. The minimum atomic E-state index is -0.519. The van der Waals surface area contributed by atoms with Gasteiger partial charge in [0, 0.05) is 21.7 Å². The molecule has 1 N–H and O–H groups in total. The Bertz CT molecular complexity index is 870. The molecule has 27 heavy (non-hydrogen) atoms. The zero-order valence-electron chi connectivity index (χ0n) is 14.8. The first-order valence-corrected chi connectivity index (χ1v) is 8.80. The molecule has 1 amide bonds. The van der Waals surface area contributed by atoms with Crippen molar-refractivity contribution in [3.8, 4) is 11.5 Å². The van der Waals surface area contributed by atoms with Crippen LogP contribution in [0.1, 0.15) is 18.1 Å². The molecule has 0 fully saturated rings. The first kappa shape index (κ1) is 20.4. The van der Waals surface area contributed by atoms with Gasteiger partial charge < -0.3 is 9.47 Å². The van der Waals surface area contributed by atoms with Gasteiger partial charge in [0.05, 0.1) is 31.3 Å². The van der Waals surface area contributed by atoms with Gasteiger partial charge in [0.25, 0.3) is 5.69 Å². The van der Waals surface area contributed by atoms with Crippen LogP contribution >= 0.6 is 15.9 Å². The topological polar surface area (TPSA) is 103 Å². The SMILES string of the molecule is CCOc1cc(Br)c(C=NNC(=O)Cc2ccccc2[N+](=O)[O-])cc1OC. The molecule has 0 radical (unpaired) electrons. The van der Waals surface area contributed by atoms with E-state index in [9.17, 15) is 14.9 Å². The zero-order chi connectivity index (χ0) is 19.8. The molecular formula is C18H18BrN3O5. The quantitative estimate of drug-likeness (QED) is 0.388. The first-order chi connectivity index (χ1) is 13.0. The highest BCUT2D eigenvalue weighted by Crippen LogP contribution is 2.32. The summed E-state index contributed by atoms with van der Waals surface area (Å²) < 4.78 is 11.5.